The number of benzene rings is 4. The second kappa shape index (κ2) is 11.3. The summed E-state index contributed by atoms with van der Waals surface area (Å²) >= 11 is 2.27. The third-order valence-corrected chi connectivity index (χ3v) is 6.17. The van der Waals surface area contributed by atoms with E-state index in [-0.39, 0.29) is 6.19 Å². The fraction of sp³-hybridized carbons (Fsp3) is 0.188. The van der Waals surface area contributed by atoms with E-state index in [1.807, 2.05) is 0 Å². The summed E-state index contributed by atoms with van der Waals surface area (Å²) in [6, 6.07) is 35.2. The van der Waals surface area contributed by atoms with E-state index in [1.54, 1.807) is 0 Å². The molecule has 0 heterocycles. The summed E-state index contributed by atoms with van der Waals surface area (Å²) in [6.07, 6.45) is 2.35. The molecule has 0 bridgehead atoms. The summed E-state index contributed by atoms with van der Waals surface area (Å²) in [5.74, 6) is 0. The van der Waals surface area contributed by atoms with Crippen LogP contribution in [-0.2, 0) is 32.0 Å². The molecule has 0 spiro atoms. The van der Waals surface area contributed by atoms with Crippen LogP contribution in [0.25, 0.3) is 43.1 Å². The topological polar surface area (TPSA) is 0 Å². The van der Waals surface area contributed by atoms with E-state index >= 15 is 0 Å². The van der Waals surface area contributed by atoms with Crippen LogP contribution in [-0.4, -0.2) is 6.19 Å². The summed E-state index contributed by atoms with van der Waals surface area (Å²) in [6.45, 7) is 8.95. The molecule has 0 saturated carbocycles. The molecule has 6 rings (SSSR count). The van der Waals surface area contributed by atoms with Crippen LogP contribution in [0.4, 0.5) is 0 Å². The molecule has 0 fully saturated rings. The van der Waals surface area contributed by atoms with Crippen molar-refractivity contribution in [1.29, 1.82) is 0 Å². The van der Waals surface area contributed by atoms with E-state index in [9.17, 15) is 0 Å². The van der Waals surface area contributed by atoms with Gasteiger partial charge in [0.15, 0.2) is 0 Å². The molecule has 0 amide bonds. The van der Waals surface area contributed by atoms with Gasteiger partial charge in [-0.25, -0.2) is 0 Å². The van der Waals surface area contributed by atoms with Crippen molar-refractivity contribution < 1.29 is 19.2 Å². The van der Waals surface area contributed by atoms with Gasteiger partial charge in [-0.1, -0.05) is 96.1 Å². The zero-order chi connectivity index (χ0) is 24.1. The van der Waals surface area contributed by atoms with Gasteiger partial charge in [-0.15, -0.1) is 56.9 Å². The van der Waals surface area contributed by atoms with Gasteiger partial charge in [0.1, 0.15) is 0 Å². The van der Waals surface area contributed by atoms with Gasteiger partial charge in [-0.3, -0.25) is 0 Å². The van der Waals surface area contributed by atoms with Gasteiger partial charge in [0, 0.05) is 0 Å². The first-order valence-electron chi connectivity index (χ1n) is 12.2. The Balaban J connectivity index is 0.000000140. The van der Waals surface area contributed by atoms with Gasteiger partial charge in [0.05, 0.1) is 0 Å². The van der Waals surface area contributed by atoms with E-state index < -0.39 is 0 Å². The molecule has 2 heteroatoms. The molecule has 0 radical (unpaired) electrons. The molecule has 0 N–H and O–H groups in total. The first-order chi connectivity index (χ1) is 16.5. The van der Waals surface area contributed by atoms with Crippen LogP contribution in [0.3, 0.4) is 0 Å². The molecule has 0 atom stereocenters. The minimum absolute atomic E-state index is 0.120. The van der Waals surface area contributed by atoms with E-state index in [2.05, 4.69) is 143 Å². The van der Waals surface area contributed by atoms with Gasteiger partial charge in [0.25, 0.3) is 0 Å². The number of hydrogen-bond donors (Lipinski definition) is 0. The van der Waals surface area contributed by atoms with Crippen LogP contribution in [0.1, 0.15) is 25.0 Å². The molecule has 0 unspecified atom stereocenters. The van der Waals surface area contributed by atoms with Gasteiger partial charge < -0.3 is 0 Å². The fourth-order valence-electron chi connectivity index (χ4n) is 4.46. The van der Waals surface area contributed by atoms with Crippen molar-refractivity contribution in [2.75, 3.05) is 0 Å². The molecule has 6 aromatic carbocycles. The standard InChI is InChI=1S/2C15H13.C2H6Si.Ti/c2*1-2-11-9-13-8-7-12-5-3-4-6-14(12)15(13)10-11;1-3-2;/h2*3-10H,2H2,1H3;1-2H3;/q2*-1;;+2. The summed E-state index contributed by atoms with van der Waals surface area (Å²) in [5.41, 5.74) is 2.86. The van der Waals surface area contributed by atoms with Crippen LogP contribution in [0.5, 0.6) is 0 Å². The zero-order valence-electron chi connectivity index (χ0n) is 20.7. The number of rotatable bonds is 2. The molecular formula is C32H32SiTi. The van der Waals surface area contributed by atoms with Crippen molar-refractivity contribution in [2.45, 2.75) is 39.8 Å². The van der Waals surface area contributed by atoms with Crippen molar-refractivity contribution in [2.24, 2.45) is 0 Å². The van der Waals surface area contributed by atoms with Crippen molar-refractivity contribution >= 4 is 49.3 Å². The molecule has 0 nitrogen and oxygen atoms in total. The predicted molar refractivity (Wildman–Crippen MR) is 150 cm³/mol. The summed E-state index contributed by atoms with van der Waals surface area (Å²) in [5, 5.41) is 10.9. The average molecular weight is 493 g/mol. The third-order valence-electron chi connectivity index (χ3n) is 6.17. The van der Waals surface area contributed by atoms with Gasteiger partial charge in [-0.05, 0) is 12.8 Å². The number of fused-ring (bicyclic) bond motifs is 6. The Morgan fingerprint density at radius 1 is 0.588 bits per heavy atom. The number of hydrogen-bond acceptors (Lipinski definition) is 0. The van der Waals surface area contributed by atoms with Crippen LogP contribution < -0.4 is 0 Å². The Bertz CT molecular complexity index is 1450. The quantitative estimate of drug-likeness (QED) is 0.167. The summed E-state index contributed by atoms with van der Waals surface area (Å²) in [4.78, 5) is 0. The Labute approximate surface area is 215 Å². The van der Waals surface area contributed by atoms with Crippen LogP contribution in [0, 0.1) is 0 Å². The number of aryl methyl sites for hydroxylation is 2. The van der Waals surface area contributed by atoms with Crippen molar-refractivity contribution in [3.63, 3.8) is 0 Å². The molecule has 0 aliphatic heterocycles. The van der Waals surface area contributed by atoms with E-state index in [0.717, 1.165) is 12.8 Å². The van der Waals surface area contributed by atoms with Crippen molar-refractivity contribution in [3.05, 3.63) is 108 Å². The fourth-order valence-corrected chi connectivity index (χ4v) is 4.46. The third kappa shape index (κ3) is 5.61. The van der Waals surface area contributed by atoms with Gasteiger partial charge >= 0.3 is 38.5 Å². The Kier molecular flexibility index (Phi) is 8.21. The maximum atomic E-state index is 2.32. The molecule has 34 heavy (non-hydrogen) atoms. The molecule has 0 aliphatic rings. The van der Waals surface area contributed by atoms with Gasteiger partial charge in [0.2, 0.25) is 0 Å². The van der Waals surface area contributed by atoms with E-state index in [4.69, 9.17) is 0 Å². The van der Waals surface area contributed by atoms with Crippen LogP contribution in [0.2, 0.25) is 13.1 Å². The average Bonchev–Trinajstić information content (AvgIpc) is 3.48. The minimum atomic E-state index is 0.120. The summed E-state index contributed by atoms with van der Waals surface area (Å²) in [7, 11) is 0. The van der Waals surface area contributed by atoms with Crippen LogP contribution in [0.15, 0.2) is 97.1 Å². The molecule has 0 aliphatic carbocycles. The maximum absolute atomic E-state index is 2.32. The molecule has 0 aromatic heterocycles. The molecule has 168 valence electrons. The van der Waals surface area contributed by atoms with Crippen molar-refractivity contribution in [3.8, 4) is 0 Å². The molecule has 6 aromatic rings. The predicted octanol–water partition coefficient (Wildman–Crippen LogP) is 9.33. The monoisotopic (exact) mass is 492 g/mol. The first-order valence-corrected chi connectivity index (χ1v) is 17.0. The van der Waals surface area contributed by atoms with Crippen LogP contribution >= 0.6 is 0 Å². The normalized spacial score (nSPS) is 10.8. The van der Waals surface area contributed by atoms with E-state index in [0.29, 0.717) is 0 Å². The van der Waals surface area contributed by atoms with Gasteiger partial charge in [-0.2, -0.15) is 12.1 Å². The second-order valence-electron chi connectivity index (χ2n) is 9.01. The summed E-state index contributed by atoms with van der Waals surface area (Å²) < 4.78 is 0. The zero-order valence-corrected chi connectivity index (χ0v) is 23.2. The Morgan fingerprint density at radius 2 is 0.941 bits per heavy atom. The molecular weight excluding hydrogens is 460 g/mol. The second-order valence-corrected chi connectivity index (χ2v) is 15.7. The molecule has 0 saturated heterocycles. The van der Waals surface area contributed by atoms with E-state index in [1.165, 1.54) is 54.2 Å². The Hall–Kier alpha value is -2.45. The Morgan fingerprint density at radius 3 is 1.32 bits per heavy atom. The van der Waals surface area contributed by atoms with Crippen molar-refractivity contribution in [1.82, 2.24) is 0 Å². The first kappa shape index (κ1) is 24.7. The SMILES string of the molecule is CCc1cc2ccc3ccccc3c2[cH-]1.CCc1cc2ccc3ccccc3c2[cH-]1.C[Si](C)=[Ti+2].